The van der Waals surface area contributed by atoms with Gasteiger partial charge in [0.05, 0.1) is 0 Å². The predicted octanol–water partition coefficient (Wildman–Crippen LogP) is -0.297. The van der Waals surface area contributed by atoms with Gasteiger partial charge in [-0.1, -0.05) is 0 Å². The maximum atomic E-state index is 12.5. The quantitative estimate of drug-likeness (QED) is 0.473. The molecule has 2 nitrogen and oxygen atoms in total. The summed E-state index contributed by atoms with van der Waals surface area (Å²) in [6.07, 6.45) is 0. The lowest BCUT2D eigenvalue weighted by molar-refractivity contribution is 0.422. The van der Waals surface area contributed by atoms with Gasteiger partial charge in [-0.15, -0.1) is 0 Å². The number of halogens is 2. The van der Waals surface area contributed by atoms with Crippen LogP contribution < -0.4 is 5.46 Å². The molecule has 66 valence electrons. The molecule has 1 unspecified atom stereocenters. The Hall–Kier alpha value is -0.505. The highest BCUT2D eigenvalue weighted by molar-refractivity contribution is 6.92. The minimum Gasteiger partial charge on any atom is -0.423 e. The summed E-state index contributed by atoms with van der Waals surface area (Å²) in [5, 5.41) is 17.0. The Morgan fingerprint density at radius 1 is 1.17 bits per heavy atom. The summed E-state index contributed by atoms with van der Waals surface area (Å²) in [7, 11) is -1.97. The molecule has 0 fully saturated rings. The Kier molecular flexibility index (Phi) is 4.31. The largest absolute Gasteiger partial charge is 0.491 e. The van der Waals surface area contributed by atoms with E-state index in [1.807, 2.05) is 0 Å². The van der Waals surface area contributed by atoms with Crippen molar-refractivity contribution in [3.8, 4) is 0 Å². The standard InChI is InChI=1S/C6H5BF2O2.H3P/c8-4-1-2-6(9)5(3-4)7(10)11;/h1-3,10-11H;1H3. The second-order valence-electron chi connectivity index (χ2n) is 2.04. The maximum Gasteiger partial charge on any atom is 0.491 e. The van der Waals surface area contributed by atoms with Gasteiger partial charge in [0.1, 0.15) is 11.6 Å². The van der Waals surface area contributed by atoms with E-state index in [4.69, 9.17) is 10.0 Å². The second kappa shape index (κ2) is 4.50. The molecule has 1 aromatic rings. The van der Waals surface area contributed by atoms with E-state index in [0.717, 1.165) is 18.2 Å². The van der Waals surface area contributed by atoms with Gasteiger partial charge in [0.25, 0.3) is 0 Å². The van der Waals surface area contributed by atoms with Crippen molar-refractivity contribution in [2.75, 3.05) is 0 Å². The molecule has 0 radical (unpaired) electrons. The lowest BCUT2D eigenvalue weighted by Gasteiger charge is -1.99. The average molecular weight is 192 g/mol. The number of hydrogen-bond donors (Lipinski definition) is 2. The van der Waals surface area contributed by atoms with Crippen LogP contribution in [0.1, 0.15) is 0 Å². The van der Waals surface area contributed by atoms with Crippen molar-refractivity contribution in [1.82, 2.24) is 0 Å². The molecule has 0 saturated carbocycles. The van der Waals surface area contributed by atoms with Crippen LogP contribution in [0.15, 0.2) is 18.2 Å². The van der Waals surface area contributed by atoms with E-state index in [9.17, 15) is 8.78 Å². The Bertz CT molecular complexity index is 270. The first-order valence-electron chi connectivity index (χ1n) is 2.92. The van der Waals surface area contributed by atoms with E-state index in [2.05, 4.69) is 0 Å². The first-order chi connectivity index (χ1) is 5.11. The molecule has 0 aliphatic rings. The van der Waals surface area contributed by atoms with Gasteiger partial charge >= 0.3 is 7.12 Å². The highest BCUT2D eigenvalue weighted by atomic mass is 31.0. The van der Waals surface area contributed by atoms with Crippen molar-refractivity contribution in [2.24, 2.45) is 0 Å². The first kappa shape index (κ1) is 11.5. The highest BCUT2D eigenvalue weighted by Crippen LogP contribution is 1.98. The molecule has 0 amide bonds. The Morgan fingerprint density at radius 2 is 1.75 bits per heavy atom. The smallest absolute Gasteiger partial charge is 0.423 e. The molecule has 0 bridgehead atoms. The van der Waals surface area contributed by atoms with E-state index >= 15 is 0 Å². The second-order valence-corrected chi connectivity index (χ2v) is 2.04. The van der Waals surface area contributed by atoms with Gasteiger partial charge in [0.2, 0.25) is 0 Å². The fourth-order valence-corrected chi connectivity index (χ4v) is 0.712. The van der Waals surface area contributed by atoms with E-state index in [1.54, 1.807) is 0 Å². The van der Waals surface area contributed by atoms with Crippen LogP contribution in [-0.4, -0.2) is 17.2 Å². The Balaban J connectivity index is 0.00000121. The van der Waals surface area contributed by atoms with Gasteiger partial charge in [0, 0.05) is 5.46 Å². The molecule has 0 heterocycles. The summed E-state index contributed by atoms with van der Waals surface area (Å²) in [4.78, 5) is 0. The lowest BCUT2D eigenvalue weighted by Crippen LogP contribution is -2.32. The third-order valence-electron chi connectivity index (χ3n) is 1.24. The third-order valence-corrected chi connectivity index (χ3v) is 1.24. The first-order valence-corrected chi connectivity index (χ1v) is 2.92. The van der Waals surface area contributed by atoms with E-state index in [1.165, 1.54) is 0 Å². The molecule has 0 aromatic heterocycles. The molecule has 12 heavy (non-hydrogen) atoms. The summed E-state index contributed by atoms with van der Waals surface area (Å²) < 4.78 is 24.9. The monoisotopic (exact) mass is 192 g/mol. The van der Waals surface area contributed by atoms with Gasteiger partial charge in [-0.25, -0.2) is 8.78 Å². The van der Waals surface area contributed by atoms with Gasteiger partial charge in [0.15, 0.2) is 0 Å². The van der Waals surface area contributed by atoms with E-state index in [0.29, 0.717) is 0 Å². The van der Waals surface area contributed by atoms with Crippen LogP contribution >= 0.6 is 9.90 Å². The zero-order valence-corrected chi connectivity index (χ0v) is 7.58. The summed E-state index contributed by atoms with van der Waals surface area (Å²) in [5.41, 5.74) is -0.454. The molecule has 2 N–H and O–H groups in total. The summed E-state index contributed by atoms with van der Waals surface area (Å²) in [6, 6.07) is 2.48. The van der Waals surface area contributed by atoms with Gasteiger partial charge in [-0.05, 0) is 18.2 Å². The van der Waals surface area contributed by atoms with Gasteiger partial charge in [-0.3, -0.25) is 0 Å². The zero-order valence-electron chi connectivity index (χ0n) is 6.17. The molecular formula is C6H8BF2O2P. The normalized spacial score (nSPS) is 9.00. The molecular weight excluding hydrogens is 184 g/mol. The molecule has 1 aromatic carbocycles. The van der Waals surface area contributed by atoms with Crippen LogP contribution in [0.5, 0.6) is 0 Å². The zero-order chi connectivity index (χ0) is 8.43. The van der Waals surface area contributed by atoms with E-state index in [-0.39, 0.29) is 9.90 Å². The van der Waals surface area contributed by atoms with Crippen molar-refractivity contribution in [3.05, 3.63) is 29.8 Å². The van der Waals surface area contributed by atoms with Crippen molar-refractivity contribution >= 4 is 22.5 Å². The predicted molar refractivity (Wildman–Crippen MR) is 47.3 cm³/mol. The summed E-state index contributed by atoms with van der Waals surface area (Å²) >= 11 is 0. The summed E-state index contributed by atoms with van der Waals surface area (Å²) in [5.74, 6) is -1.53. The van der Waals surface area contributed by atoms with Crippen molar-refractivity contribution < 1.29 is 18.8 Å². The van der Waals surface area contributed by atoms with Crippen molar-refractivity contribution in [2.45, 2.75) is 0 Å². The molecule has 1 atom stereocenters. The molecule has 0 saturated heterocycles. The topological polar surface area (TPSA) is 40.5 Å². The third kappa shape index (κ3) is 2.52. The maximum absolute atomic E-state index is 12.5. The molecule has 6 heteroatoms. The fourth-order valence-electron chi connectivity index (χ4n) is 0.712. The average Bonchev–Trinajstić information content (AvgIpc) is 1.94. The van der Waals surface area contributed by atoms with Gasteiger partial charge in [-0.2, -0.15) is 9.90 Å². The van der Waals surface area contributed by atoms with Crippen LogP contribution in [-0.2, 0) is 0 Å². The van der Waals surface area contributed by atoms with Gasteiger partial charge < -0.3 is 10.0 Å². The molecule has 0 aliphatic carbocycles. The van der Waals surface area contributed by atoms with Crippen molar-refractivity contribution in [1.29, 1.82) is 0 Å². The van der Waals surface area contributed by atoms with Crippen LogP contribution in [0.4, 0.5) is 8.78 Å². The van der Waals surface area contributed by atoms with Crippen LogP contribution in [0.2, 0.25) is 0 Å². The SMILES string of the molecule is OB(O)c1cc(F)ccc1F.P. The Morgan fingerprint density at radius 3 is 2.17 bits per heavy atom. The Labute approximate surface area is 72.0 Å². The van der Waals surface area contributed by atoms with Crippen molar-refractivity contribution in [3.63, 3.8) is 0 Å². The number of benzene rings is 1. The van der Waals surface area contributed by atoms with E-state index < -0.39 is 24.2 Å². The van der Waals surface area contributed by atoms with Crippen LogP contribution in [0.3, 0.4) is 0 Å². The highest BCUT2D eigenvalue weighted by Gasteiger charge is 2.16. The summed E-state index contributed by atoms with van der Waals surface area (Å²) in [6.45, 7) is 0. The van der Waals surface area contributed by atoms with Crippen LogP contribution in [0, 0.1) is 11.6 Å². The minimum atomic E-state index is -1.97. The molecule has 1 rings (SSSR count). The minimum absolute atomic E-state index is 0. The number of hydrogen-bond acceptors (Lipinski definition) is 2. The van der Waals surface area contributed by atoms with Crippen LogP contribution in [0.25, 0.3) is 0 Å². The molecule has 0 spiro atoms. The molecule has 0 aliphatic heterocycles. The lowest BCUT2D eigenvalue weighted by atomic mass is 9.80. The fraction of sp³-hybridized carbons (Fsp3) is 0. The number of rotatable bonds is 1.